The normalized spacial score (nSPS) is 24.0. The second-order valence-corrected chi connectivity index (χ2v) is 7.33. The van der Waals surface area contributed by atoms with Crippen LogP contribution in [-0.2, 0) is 7.05 Å². The standard InChI is InChI=1S/C15H19N5OS/c1-9-11-7-10(8-16-14(11)19(2)18-9)17-15(21)20-5-6-22-13-4-3-12(13)20/h7-8,12-13H,3-6H2,1-2H3,(H,17,21). The molecule has 2 aromatic rings. The number of rotatable bonds is 1. The predicted octanol–water partition coefficient (Wildman–Crippen LogP) is 2.39. The van der Waals surface area contributed by atoms with Gasteiger partial charge in [0.05, 0.1) is 17.6 Å². The van der Waals surface area contributed by atoms with Crippen LogP contribution in [0.4, 0.5) is 10.5 Å². The Morgan fingerprint density at radius 1 is 1.45 bits per heavy atom. The van der Waals surface area contributed by atoms with E-state index in [2.05, 4.69) is 15.4 Å². The van der Waals surface area contributed by atoms with E-state index < -0.39 is 0 Å². The van der Waals surface area contributed by atoms with E-state index in [0.29, 0.717) is 11.3 Å². The van der Waals surface area contributed by atoms with Crippen LogP contribution in [0.1, 0.15) is 18.5 Å². The zero-order chi connectivity index (χ0) is 15.3. The van der Waals surface area contributed by atoms with Gasteiger partial charge in [0, 0.05) is 36.0 Å². The minimum Gasteiger partial charge on any atom is -0.320 e. The highest BCUT2D eigenvalue weighted by Crippen LogP contribution is 2.39. The number of carbonyl (C=O) groups excluding carboxylic acids is 1. The number of thioether (sulfide) groups is 1. The molecule has 1 N–H and O–H groups in total. The van der Waals surface area contributed by atoms with Gasteiger partial charge in [-0.2, -0.15) is 16.9 Å². The van der Waals surface area contributed by atoms with Crippen molar-refractivity contribution in [2.75, 3.05) is 17.6 Å². The number of nitrogens with one attached hydrogen (secondary N) is 1. The number of pyridine rings is 1. The molecule has 0 aromatic carbocycles. The molecule has 0 radical (unpaired) electrons. The zero-order valence-corrected chi connectivity index (χ0v) is 13.6. The summed E-state index contributed by atoms with van der Waals surface area (Å²) in [4.78, 5) is 18.9. The number of nitrogens with zero attached hydrogens (tertiary/aromatic N) is 4. The molecule has 2 aliphatic rings. The number of urea groups is 1. The number of hydrogen-bond acceptors (Lipinski definition) is 4. The van der Waals surface area contributed by atoms with Crippen LogP contribution in [0.15, 0.2) is 12.3 Å². The fraction of sp³-hybridized carbons (Fsp3) is 0.533. The van der Waals surface area contributed by atoms with E-state index >= 15 is 0 Å². The van der Waals surface area contributed by atoms with Gasteiger partial charge in [0.2, 0.25) is 0 Å². The molecule has 1 aliphatic heterocycles. The molecule has 2 atom stereocenters. The number of hydrogen-bond donors (Lipinski definition) is 1. The summed E-state index contributed by atoms with van der Waals surface area (Å²) in [6.45, 7) is 2.79. The molecule has 116 valence electrons. The monoisotopic (exact) mass is 317 g/mol. The molecule has 2 fully saturated rings. The fourth-order valence-electron chi connectivity index (χ4n) is 3.29. The van der Waals surface area contributed by atoms with Crippen LogP contribution < -0.4 is 5.32 Å². The average Bonchev–Trinajstić information content (AvgIpc) is 2.74. The maximum absolute atomic E-state index is 12.5. The van der Waals surface area contributed by atoms with Gasteiger partial charge >= 0.3 is 6.03 Å². The van der Waals surface area contributed by atoms with Crippen molar-refractivity contribution < 1.29 is 4.79 Å². The Morgan fingerprint density at radius 3 is 3.09 bits per heavy atom. The maximum Gasteiger partial charge on any atom is 0.322 e. The van der Waals surface area contributed by atoms with Gasteiger partial charge in [-0.1, -0.05) is 0 Å². The van der Waals surface area contributed by atoms with Crippen molar-refractivity contribution in [3.05, 3.63) is 18.0 Å². The Morgan fingerprint density at radius 2 is 2.32 bits per heavy atom. The topological polar surface area (TPSA) is 63.1 Å². The number of carbonyl (C=O) groups is 1. The highest BCUT2D eigenvalue weighted by atomic mass is 32.2. The van der Waals surface area contributed by atoms with Crippen LogP contribution >= 0.6 is 11.8 Å². The quantitative estimate of drug-likeness (QED) is 0.877. The Hall–Kier alpha value is -1.76. The van der Waals surface area contributed by atoms with Crippen molar-refractivity contribution in [2.24, 2.45) is 7.05 Å². The first-order chi connectivity index (χ1) is 10.6. The molecular formula is C15H19N5OS. The molecule has 1 saturated heterocycles. The molecule has 0 spiro atoms. The van der Waals surface area contributed by atoms with Crippen molar-refractivity contribution in [1.29, 1.82) is 0 Å². The summed E-state index contributed by atoms with van der Waals surface area (Å²) in [5.41, 5.74) is 2.50. The van der Waals surface area contributed by atoms with Crippen LogP contribution in [0.5, 0.6) is 0 Å². The summed E-state index contributed by atoms with van der Waals surface area (Å²) in [5, 5.41) is 8.98. The second-order valence-electron chi connectivity index (χ2n) is 5.98. The highest BCUT2D eigenvalue weighted by molar-refractivity contribution is 8.00. The zero-order valence-electron chi connectivity index (χ0n) is 12.7. The number of fused-ring (bicyclic) bond motifs is 2. The molecule has 7 heteroatoms. The van der Waals surface area contributed by atoms with Crippen molar-refractivity contribution in [3.63, 3.8) is 0 Å². The lowest BCUT2D eigenvalue weighted by Crippen LogP contribution is -2.56. The summed E-state index contributed by atoms with van der Waals surface area (Å²) in [5.74, 6) is 1.04. The second kappa shape index (κ2) is 5.15. The highest BCUT2D eigenvalue weighted by Gasteiger charge is 2.41. The van der Waals surface area contributed by atoms with Crippen molar-refractivity contribution >= 4 is 34.5 Å². The first-order valence-electron chi connectivity index (χ1n) is 7.62. The molecule has 1 aliphatic carbocycles. The fourth-order valence-corrected chi connectivity index (χ4v) is 4.71. The Kier molecular flexibility index (Phi) is 3.25. The molecule has 1 saturated carbocycles. The van der Waals surface area contributed by atoms with Gasteiger partial charge in [-0.3, -0.25) is 4.68 Å². The van der Waals surface area contributed by atoms with E-state index in [0.717, 1.165) is 41.1 Å². The SMILES string of the molecule is Cc1nn(C)c2ncc(NC(=O)N3CCSC4CCC43)cc12. The van der Waals surface area contributed by atoms with E-state index in [4.69, 9.17) is 0 Å². The molecule has 3 heterocycles. The van der Waals surface area contributed by atoms with Crippen LogP contribution in [0.25, 0.3) is 11.0 Å². The van der Waals surface area contributed by atoms with Crippen LogP contribution in [-0.4, -0.2) is 49.3 Å². The summed E-state index contributed by atoms with van der Waals surface area (Å²) in [7, 11) is 1.88. The van der Waals surface area contributed by atoms with E-state index in [1.807, 2.05) is 36.7 Å². The number of aromatic nitrogens is 3. The van der Waals surface area contributed by atoms with E-state index in [1.54, 1.807) is 10.9 Å². The van der Waals surface area contributed by atoms with Gasteiger partial charge in [-0.05, 0) is 25.8 Å². The Balaban J connectivity index is 1.55. The molecule has 6 nitrogen and oxygen atoms in total. The first kappa shape index (κ1) is 13.9. The smallest absolute Gasteiger partial charge is 0.320 e. The average molecular weight is 317 g/mol. The number of anilines is 1. The molecule has 22 heavy (non-hydrogen) atoms. The number of aryl methyl sites for hydroxylation is 2. The third-order valence-corrected chi connectivity index (χ3v) is 6.01. The molecule has 2 unspecified atom stereocenters. The van der Waals surface area contributed by atoms with Crippen LogP contribution in [0.3, 0.4) is 0 Å². The maximum atomic E-state index is 12.5. The van der Waals surface area contributed by atoms with E-state index in [9.17, 15) is 4.79 Å². The Bertz CT molecular complexity index is 743. The van der Waals surface area contributed by atoms with Gasteiger partial charge in [-0.15, -0.1) is 0 Å². The summed E-state index contributed by atoms with van der Waals surface area (Å²) in [6.07, 6.45) is 4.07. The predicted molar refractivity (Wildman–Crippen MR) is 88.2 cm³/mol. The lowest BCUT2D eigenvalue weighted by atomic mass is 9.90. The van der Waals surface area contributed by atoms with Gasteiger partial charge in [0.1, 0.15) is 0 Å². The molecular weight excluding hydrogens is 298 g/mol. The van der Waals surface area contributed by atoms with Crippen molar-refractivity contribution in [3.8, 4) is 0 Å². The summed E-state index contributed by atoms with van der Waals surface area (Å²) >= 11 is 2.00. The lowest BCUT2D eigenvalue weighted by molar-refractivity contribution is 0.154. The molecule has 4 rings (SSSR count). The molecule has 2 aromatic heterocycles. The van der Waals surface area contributed by atoms with E-state index in [1.165, 1.54) is 6.42 Å². The van der Waals surface area contributed by atoms with Crippen LogP contribution in [0.2, 0.25) is 0 Å². The Labute approximate surface area is 133 Å². The minimum atomic E-state index is -0.00214. The van der Waals surface area contributed by atoms with Crippen LogP contribution in [0, 0.1) is 6.92 Å². The van der Waals surface area contributed by atoms with Gasteiger partial charge < -0.3 is 10.2 Å². The van der Waals surface area contributed by atoms with Gasteiger partial charge in [0.15, 0.2) is 5.65 Å². The molecule has 0 bridgehead atoms. The third-order valence-electron chi connectivity index (χ3n) is 4.62. The first-order valence-corrected chi connectivity index (χ1v) is 8.67. The van der Waals surface area contributed by atoms with Gasteiger partial charge in [-0.25, -0.2) is 9.78 Å². The minimum absolute atomic E-state index is 0.00214. The summed E-state index contributed by atoms with van der Waals surface area (Å²) < 4.78 is 1.76. The van der Waals surface area contributed by atoms with E-state index in [-0.39, 0.29) is 6.03 Å². The largest absolute Gasteiger partial charge is 0.322 e. The summed E-state index contributed by atoms with van der Waals surface area (Å²) in [6, 6.07) is 2.37. The van der Waals surface area contributed by atoms with Crippen molar-refractivity contribution in [1.82, 2.24) is 19.7 Å². The van der Waals surface area contributed by atoms with Gasteiger partial charge in [0.25, 0.3) is 0 Å². The number of amides is 2. The van der Waals surface area contributed by atoms with Crippen molar-refractivity contribution in [2.45, 2.75) is 31.1 Å². The molecule has 2 amide bonds. The lowest BCUT2D eigenvalue weighted by Gasteiger charge is -2.47. The third kappa shape index (κ3) is 2.15.